The van der Waals surface area contributed by atoms with Crippen LogP contribution in [0.25, 0.3) is 82.8 Å². The molecule has 0 spiro atoms. The Labute approximate surface area is 373 Å². The number of aromatic nitrogens is 2. The van der Waals surface area contributed by atoms with Crippen LogP contribution in [0.15, 0.2) is 249 Å². The standard InChI is InChI=1S/C62H44N2/c1-3-4-27-51-42(2)62(47-21-11-6-12-22-47,48-23-13-7-14-24-48)55-36-39-59-61(60(51)55)54-41-46(33-38-58(54)64(59)49-25-15-8-16-26-49)45-32-37-57-53(40-45)52-28-17-18-29-56(52)63(57)50-34-30-44(31-35-50)43-19-9-5-10-20-43/h3-41H,1H2,2H3/b27-4-. The predicted molar refractivity (Wildman–Crippen MR) is 271 cm³/mol. The minimum Gasteiger partial charge on any atom is -0.309 e. The molecular formula is C62H44N2. The van der Waals surface area contributed by atoms with Crippen LogP contribution >= 0.6 is 0 Å². The van der Waals surface area contributed by atoms with Crippen molar-refractivity contribution in [1.82, 2.24) is 9.13 Å². The second-order valence-electron chi connectivity index (χ2n) is 16.9. The Morgan fingerprint density at radius 3 is 1.56 bits per heavy atom. The van der Waals surface area contributed by atoms with Crippen LogP contribution in [0.4, 0.5) is 0 Å². The molecule has 0 aliphatic heterocycles. The summed E-state index contributed by atoms with van der Waals surface area (Å²) >= 11 is 0. The number of nitrogens with zero attached hydrogens (tertiary/aromatic N) is 2. The summed E-state index contributed by atoms with van der Waals surface area (Å²) in [6.07, 6.45) is 6.27. The molecule has 0 atom stereocenters. The van der Waals surface area contributed by atoms with Crippen LogP contribution in [0.3, 0.4) is 0 Å². The lowest BCUT2D eigenvalue weighted by Crippen LogP contribution is -2.28. The maximum atomic E-state index is 4.12. The highest BCUT2D eigenvalue weighted by atomic mass is 15.0. The molecule has 11 aromatic rings. The predicted octanol–water partition coefficient (Wildman–Crippen LogP) is 16.1. The molecule has 2 heteroatoms. The number of benzene rings is 9. The maximum absolute atomic E-state index is 4.12. The highest BCUT2D eigenvalue weighted by molar-refractivity contribution is 6.18. The van der Waals surface area contributed by atoms with E-state index in [0.29, 0.717) is 0 Å². The van der Waals surface area contributed by atoms with Crippen LogP contribution in [0.5, 0.6) is 0 Å². The van der Waals surface area contributed by atoms with E-state index in [1.807, 2.05) is 6.08 Å². The zero-order valence-corrected chi connectivity index (χ0v) is 35.6. The summed E-state index contributed by atoms with van der Waals surface area (Å²) in [4.78, 5) is 0. The van der Waals surface area contributed by atoms with Crippen LogP contribution in [0.1, 0.15) is 29.2 Å². The summed E-state index contributed by atoms with van der Waals surface area (Å²) in [6.45, 7) is 6.45. The van der Waals surface area contributed by atoms with Crippen LogP contribution in [0, 0.1) is 0 Å². The van der Waals surface area contributed by atoms with Gasteiger partial charge in [-0.25, -0.2) is 0 Å². The molecule has 2 aromatic heterocycles. The number of rotatable bonds is 8. The van der Waals surface area contributed by atoms with Crippen molar-refractivity contribution in [1.29, 1.82) is 0 Å². The molecule has 0 radical (unpaired) electrons. The van der Waals surface area contributed by atoms with Gasteiger partial charge in [0.15, 0.2) is 0 Å². The van der Waals surface area contributed by atoms with E-state index in [9.17, 15) is 0 Å². The van der Waals surface area contributed by atoms with Gasteiger partial charge in [0.1, 0.15) is 0 Å². The van der Waals surface area contributed by atoms with E-state index < -0.39 is 5.41 Å². The summed E-state index contributed by atoms with van der Waals surface area (Å²) in [6, 6.07) is 80.1. The minimum atomic E-state index is -0.493. The number of hydrogen-bond donors (Lipinski definition) is 0. The minimum absolute atomic E-state index is 0.493. The van der Waals surface area contributed by atoms with Gasteiger partial charge in [0.2, 0.25) is 0 Å². The van der Waals surface area contributed by atoms with Crippen molar-refractivity contribution in [3.8, 4) is 33.6 Å². The van der Waals surface area contributed by atoms with E-state index >= 15 is 0 Å². The summed E-state index contributed by atoms with van der Waals surface area (Å²) in [5.41, 5.74) is 19.0. The lowest BCUT2D eigenvalue weighted by atomic mass is 9.67. The molecule has 302 valence electrons. The van der Waals surface area contributed by atoms with Crippen molar-refractivity contribution >= 4 is 49.2 Å². The molecule has 64 heavy (non-hydrogen) atoms. The first-order valence-electron chi connectivity index (χ1n) is 22.1. The maximum Gasteiger partial charge on any atom is 0.0674 e. The zero-order chi connectivity index (χ0) is 42.8. The Kier molecular flexibility index (Phi) is 8.81. The highest BCUT2D eigenvalue weighted by Crippen LogP contribution is 2.57. The summed E-state index contributed by atoms with van der Waals surface area (Å²) in [7, 11) is 0. The largest absolute Gasteiger partial charge is 0.309 e. The van der Waals surface area contributed by atoms with E-state index in [1.165, 1.54) is 99.3 Å². The molecule has 1 aliphatic rings. The molecular weight excluding hydrogens is 773 g/mol. The summed E-state index contributed by atoms with van der Waals surface area (Å²) in [5, 5.41) is 4.96. The second-order valence-corrected chi connectivity index (χ2v) is 16.9. The number of fused-ring (bicyclic) bond motifs is 8. The third-order valence-electron chi connectivity index (χ3n) is 13.6. The molecule has 0 fully saturated rings. The molecule has 12 rings (SSSR count). The van der Waals surface area contributed by atoms with Crippen LogP contribution in [-0.2, 0) is 5.41 Å². The van der Waals surface area contributed by atoms with Crippen molar-refractivity contribution < 1.29 is 0 Å². The van der Waals surface area contributed by atoms with Gasteiger partial charge in [-0.2, -0.15) is 0 Å². The van der Waals surface area contributed by atoms with E-state index in [2.05, 4.69) is 253 Å². The summed E-state index contributed by atoms with van der Waals surface area (Å²) in [5.74, 6) is 0. The van der Waals surface area contributed by atoms with E-state index in [-0.39, 0.29) is 0 Å². The Balaban J connectivity index is 1.11. The third-order valence-corrected chi connectivity index (χ3v) is 13.6. The molecule has 0 unspecified atom stereocenters. The van der Waals surface area contributed by atoms with Crippen molar-refractivity contribution in [3.05, 3.63) is 271 Å². The quantitative estimate of drug-likeness (QED) is 0.135. The van der Waals surface area contributed by atoms with Gasteiger partial charge in [0.25, 0.3) is 0 Å². The smallest absolute Gasteiger partial charge is 0.0674 e. The Hall–Kier alpha value is -8.20. The van der Waals surface area contributed by atoms with Crippen molar-refractivity contribution in [2.45, 2.75) is 12.3 Å². The molecule has 0 saturated heterocycles. The Bertz CT molecular complexity index is 3600. The topological polar surface area (TPSA) is 9.86 Å². The molecule has 2 heterocycles. The molecule has 0 amide bonds. The van der Waals surface area contributed by atoms with E-state index in [1.54, 1.807) is 0 Å². The Morgan fingerprint density at radius 2 is 0.906 bits per heavy atom. The van der Waals surface area contributed by atoms with Gasteiger partial charge in [-0.3, -0.25) is 0 Å². The van der Waals surface area contributed by atoms with Gasteiger partial charge in [-0.1, -0.05) is 183 Å². The average Bonchev–Trinajstić information content (AvgIpc) is 3.97. The number of para-hydroxylation sites is 2. The molecule has 1 aliphatic carbocycles. The second kappa shape index (κ2) is 15.0. The molecule has 0 saturated carbocycles. The fourth-order valence-electron chi connectivity index (χ4n) is 10.9. The highest BCUT2D eigenvalue weighted by Gasteiger charge is 2.46. The fourth-order valence-corrected chi connectivity index (χ4v) is 10.9. The normalized spacial score (nSPS) is 13.5. The third kappa shape index (κ3) is 5.59. The van der Waals surface area contributed by atoms with Gasteiger partial charge in [0, 0.05) is 32.9 Å². The van der Waals surface area contributed by atoms with E-state index in [4.69, 9.17) is 0 Å². The zero-order valence-electron chi connectivity index (χ0n) is 35.6. The van der Waals surface area contributed by atoms with Crippen molar-refractivity contribution in [3.63, 3.8) is 0 Å². The van der Waals surface area contributed by atoms with Gasteiger partial charge in [0.05, 0.1) is 27.5 Å². The molecule has 2 nitrogen and oxygen atoms in total. The van der Waals surface area contributed by atoms with Gasteiger partial charge in [-0.15, -0.1) is 0 Å². The molecule has 0 bridgehead atoms. The average molecular weight is 817 g/mol. The Morgan fingerprint density at radius 1 is 0.422 bits per heavy atom. The van der Waals surface area contributed by atoms with Gasteiger partial charge in [-0.05, 0) is 123 Å². The first kappa shape index (κ1) is 37.6. The number of allylic oxidation sites excluding steroid dienone is 5. The fraction of sp³-hybridized carbons (Fsp3) is 0.0323. The van der Waals surface area contributed by atoms with Crippen LogP contribution in [-0.4, -0.2) is 9.13 Å². The van der Waals surface area contributed by atoms with Gasteiger partial charge >= 0.3 is 0 Å². The lowest BCUT2D eigenvalue weighted by molar-refractivity contribution is 0.744. The SMILES string of the molecule is C=C/C=C\C1=C(C)C(c2ccccc2)(c2ccccc2)c2ccc3c(c21)c1cc(-c2ccc4c(c2)c2ccccc2n4-c2ccc(-c4ccccc4)cc2)ccc1n3-c1ccccc1. The monoisotopic (exact) mass is 816 g/mol. The van der Waals surface area contributed by atoms with Gasteiger partial charge < -0.3 is 9.13 Å². The first-order valence-corrected chi connectivity index (χ1v) is 22.1. The number of hydrogen-bond acceptors (Lipinski definition) is 0. The van der Waals surface area contributed by atoms with Crippen molar-refractivity contribution in [2.75, 3.05) is 0 Å². The lowest BCUT2D eigenvalue weighted by Gasteiger charge is -2.34. The first-order chi connectivity index (χ1) is 31.6. The van der Waals surface area contributed by atoms with Crippen LogP contribution < -0.4 is 0 Å². The molecule has 0 N–H and O–H groups in total. The van der Waals surface area contributed by atoms with Crippen LogP contribution in [0.2, 0.25) is 0 Å². The van der Waals surface area contributed by atoms with E-state index in [0.717, 1.165) is 11.4 Å². The summed E-state index contributed by atoms with van der Waals surface area (Å²) < 4.78 is 4.85. The molecule has 9 aromatic carbocycles. The van der Waals surface area contributed by atoms with Crippen molar-refractivity contribution in [2.24, 2.45) is 0 Å².